The quantitative estimate of drug-likeness (QED) is 0.0768. The Hall–Kier alpha value is -5.29. The minimum atomic E-state index is -4.54. The number of H-pyrrole nitrogens is 1. The number of sulfonamides is 1. The van der Waals surface area contributed by atoms with Crippen LogP contribution in [0.2, 0.25) is 0 Å². The predicted octanol–water partition coefficient (Wildman–Crippen LogP) is 8.38. The van der Waals surface area contributed by atoms with Gasteiger partial charge < -0.3 is 24.7 Å². The van der Waals surface area contributed by atoms with Gasteiger partial charge in [0.25, 0.3) is 21.6 Å². The van der Waals surface area contributed by atoms with Gasteiger partial charge in [0.1, 0.15) is 22.8 Å². The molecule has 0 unspecified atom stereocenters. The SMILES string of the molecule is Cc1ccsc1C1=C(CN2CCN(c3ccc(C(=O)NS(=O)(=O)c4ccc(NCC5CCOCC5)c([N+](=O)[O-])c4)c(Oc4cnc5[nH]ccc5c4)c3)CC2)CCC(C)(C)C1. The maximum absolute atomic E-state index is 13.9. The second-order valence-corrected chi connectivity index (χ2v) is 19.4. The summed E-state index contributed by atoms with van der Waals surface area (Å²) in [6.07, 6.45) is 8.31. The van der Waals surface area contributed by atoms with Gasteiger partial charge in [-0.25, -0.2) is 18.1 Å². The van der Waals surface area contributed by atoms with E-state index in [1.54, 1.807) is 30.5 Å². The van der Waals surface area contributed by atoms with Crippen molar-refractivity contribution < 1.29 is 27.6 Å². The van der Waals surface area contributed by atoms with E-state index in [1.165, 1.54) is 46.3 Å². The highest BCUT2D eigenvalue weighted by Crippen LogP contribution is 2.45. The molecule has 5 heterocycles. The molecule has 0 bridgehead atoms. The van der Waals surface area contributed by atoms with E-state index in [0.717, 1.165) is 75.5 Å². The van der Waals surface area contributed by atoms with E-state index in [4.69, 9.17) is 9.47 Å². The zero-order valence-corrected chi connectivity index (χ0v) is 35.8. The van der Waals surface area contributed by atoms with Crippen molar-refractivity contribution in [3.8, 4) is 11.5 Å². The monoisotopic (exact) mass is 853 g/mol. The zero-order valence-electron chi connectivity index (χ0n) is 34.2. The number of nitro benzene ring substituents is 1. The molecule has 2 aromatic carbocycles. The summed E-state index contributed by atoms with van der Waals surface area (Å²) >= 11 is 1.84. The highest BCUT2D eigenvalue weighted by Gasteiger charge is 2.31. The number of pyridine rings is 1. The molecule has 0 saturated carbocycles. The van der Waals surface area contributed by atoms with Gasteiger partial charge >= 0.3 is 0 Å². The third kappa shape index (κ3) is 9.36. The lowest BCUT2D eigenvalue weighted by Gasteiger charge is -2.39. The number of carbonyl (C=O) groups is 1. The predicted molar refractivity (Wildman–Crippen MR) is 235 cm³/mol. The number of anilines is 2. The van der Waals surface area contributed by atoms with Gasteiger partial charge in [0, 0.05) is 86.8 Å². The second-order valence-electron chi connectivity index (χ2n) is 16.8. The zero-order chi connectivity index (χ0) is 42.0. The summed E-state index contributed by atoms with van der Waals surface area (Å²) in [5, 5.41) is 18.2. The van der Waals surface area contributed by atoms with Gasteiger partial charge in [-0.2, -0.15) is 0 Å². The van der Waals surface area contributed by atoms with Crippen LogP contribution in [0.15, 0.2) is 82.8 Å². The molecular weight excluding hydrogens is 803 g/mol. The van der Waals surface area contributed by atoms with Crippen molar-refractivity contribution in [2.45, 2.75) is 57.8 Å². The van der Waals surface area contributed by atoms with Crippen molar-refractivity contribution in [1.82, 2.24) is 19.6 Å². The number of piperazine rings is 1. The number of rotatable bonds is 13. The summed E-state index contributed by atoms with van der Waals surface area (Å²) in [4.78, 5) is 38.6. The average Bonchev–Trinajstić information content (AvgIpc) is 3.89. The molecule has 14 nitrogen and oxygen atoms in total. The van der Waals surface area contributed by atoms with E-state index in [9.17, 15) is 23.3 Å². The van der Waals surface area contributed by atoms with E-state index in [1.807, 2.05) is 17.4 Å². The lowest BCUT2D eigenvalue weighted by molar-refractivity contribution is -0.384. The number of thiophene rings is 1. The van der Waals surface area contributed by atoms with Crippen LogP contribution >= 0.6 is 11.3 Å². The molecule has 16 heteroatoms. The lowest BCUT2D eigenvalue weighted by atomic mass is 9.73. The number of carbonyl (C=O) groups excluding carboxylic acids is 1. The van der Waals surface area contributed by atoms with Crippen molar-refractivity contribution in [2.24, 2.45) is 11.3 Å². The third-order valence-electron chi connectivity index (χ3n) is 11.9. The number of aromatic amines is 1. The fourth-order valence-electron chi connectivity index (χ4n) is 8.37. The summed E-state index contributed by atoms with van der Waals surface area (Å²) in [6, 6.07) is 14.5. The molecule has 60 heavy (non-hydrogen) atoms. The average molecular weight is 854 g/mol. The van der Waals surface area contributed by atoms with Gasteiger partial charge in [0.05, 0.1) is 21.6 Å². The van der Waals surface area contributed by atoms with Gasteiger partial charge in [0.15, 0.2) is 0 Å². The number of nitrogens with one attached hydrogen (secondary N) is 3. The Labute approximate surface area is 354 Å². The van der Waals surface area contributed by atoms with E-state index < -0.39 is 31.4 Å². The van der Waals surface area contributed by atoms with Gasteiger partial charge in [-0.05, 0) is 109 Å². The van der Waals surface area contributed by atoms with Crippen LogP contribution in [0.3, 0.4) is 0 Å². The first-order chi connectivity index (χ1) is 28.8. The smallest absolute Gasteiger partial charge is 0.293 e. The summed E-state index contributed by atoms with van der Waals surface area (Å²) in [7, 11) is -4.54. The fraction of sp³-hybridized carbons (Fsp3) is 0.409. The maximum atomic E-state index is 13.9. The molecule has 2 saturated heterocycles. The minimum Gasteiger partial charge on any atom is -0.455 e. The third-order valence-corrected chi connectivity index (χ3v) is 14.3. The van der Waals surface area contributed by atoms with Crippen LogP contribution in [-0.4, -0.2) is 86.6 Å². The van der Waals surface area contributed by atoms with E-state index in [-0.39, 0.29) is 28.3 Å². The number of amides is 1. The van der Waals surface area contributed by atoms with E-state index >= 15 is 0 Å². The van der Waals surface area contributed by atoms with Crippen LogP contribution in [0.25, 0.3) is 16.6 Å². The van der Waals surface area contributed by atoms with Crippen LogP contribution in [0.5, 0.6) is 11.5 Å². The standard InChI is InChI=1S/C44H51N7O7S2/c1-29-12-21-59-41(29)37-25-44(2,3)13-8-32(37)28-49-15-17-50(18-16-49)33-4-6-36(40(23-33)58-34-22-31-9-14-45-42(31)47-27-34)43(52)48-60(55,56)35-5-7-38(39(24-35)51(53)54)46-26-30-10-19-57-20-11-30/h4-7,9,12,14,21-24,27,30,46H,8,10-11,13,15-20,25-26,28H2,1-3H3,(H,45,47)(H,48,52). The largest absolute Gasteiger partial charge is 0.455 e. The number of hydrogen-bond acceptors (Lipinski definition) is 12. The Kier molecular flexibility index (Phi) is 12.0. The first-order valence-corrected chi connectivity index (χ1v) is 22.8. The van der Waals surface area contributed by atoms with Crippen molar-refractivity contribution in [2.75, 3.05) is 62.7 Å². The Morgan fingerprint density at radius 2 is 1.88 bits per heavy atom. The van der Waals surface area contributed by atoms with Crippen molar-refractivity contribution in [3.63, 3.8) is 0 Å². The molecule has 0 radical (unpaired) electrons. The molecule has 2 fully saturated rings. The Bertz CT molecular complexity index is 2530. The summed E-state index contributed by atoms with van der Waals surface area (Å²) in [5.74, 6) is -0.159. The Morgan fingerprint density at radius 3 is 2.63 bits per heavy atom. The number of allylic oxidation sites excluding steroid dienone is 1. The number of nitrogens with zero attached hydrogens (tertiary/aromatic N) is 4. The minimum absolute atomic E-state index is 0.0251. The van der Waals surface area contributed by atoms with Crippen molar-refractivity contribution in [1.29, 1.82) is 0 Å². The van der Waals surface area contributed by atoms with Crippen LogP contribution in [-0.2, 0) is 14.8 Å². The molecule has 3 aromatic heterocycles. The van der Waals surface area contributed by atoms with Crippen LogP contribution in [0, 0.1) is 28.4 Å². The number of nitro groups is 1. The molecule has 316 valence electrons. The molecule has 1 aliphatic carbocycles. The molecule has 0 spiro atoms. The van der Waals surface area contributed by atoms with Crippen LogP contribution in [0.1, 0.15) is 66.8 Å². The molecule has 3 N–H and O–H groups in total. The summed E-state index contributed by atoms with van der Waals surface area (Å²) in [5.41, 5.74) is 5.94. The summed E-state index contributed by atoms with van der Waals surface area (Å²) in [6.45, 7) is 12.8. The maximum Gasteiger partial charge on any atom is 0.293 e. The number of aromatic nitrogens is 2. The fourth-order valence-corrected chi connectivity index (χ4v) is 10.4. The molecule has 2 aliphatic heterocycles. The number of benzene rings is 2. The van der Waals surface area contributed by atoms with Crippen molar-refractivity contribution in [3.05, 3.63) is 104 Å². The Morgan fingerprint density at radius 1 is 1.08 bits per heavy atom. The topological polar surface area (TPSA) is 172 Å². The van der Waals surface area contributed by atoms with Gasteiger partial charge in [-0.1, -0.05) is 19.4 Å². The highest BCUT2D eigenvalue weighted by atomic mass is 32.2. The first-order valence-electron chi connectivity index (χ1n) is 20.5. The van der Waals surface area contributed by atoms with Gasteiger partial charge in [-0.15, -0.1) is 11.3 Å². The number of ether oxygens (including phenoxy) is 2. The highest BCUT2D eigenvalue weighted by molar-refractivity contribution is 7.90. The van der Waals surface area contributed by atoms with Crippen LogP contribution < -0.4 is 19.7 Å². The van der Waals surface area contributed by atoms with Crippen molar-refractivity contribution >= 4 is 60.9 Å². The summed E-state index contributed by atoms with van der Waals surface area (Å²) < 4.78 is 41.2. The van der Waals surface area contributed by atoms with E-state index in [0.29, 0.717) is 31.2 Å². The molecule has 3 aliphatic rings. The number of hydrogen-bond donors (Lipinski definition) is 3. The van der Waals surface area contributed by atoms with Crippen LogP contribution in [0.4, 0.5) is 17.1 Å². The Balaban J connectivity index is 1.01. The first kappa shape index (κ1) is 41.4. The van der Waals surface area contributed by atoms with Gasteiger partial charge in [0.2, 0.25) is 0 Å². The molecule has 1 amide bonds. The second kappa shape index (κ2) is 17.4. The van der Waals surface area contributed by atoms with Gasteiger partial charge in [-0.3, -0.25) is 19.8 Å². The molecule has 5 aromatic rings. The van der Waals surface area contributed by atoms with E-state index in [2.05, 4.69) is 62.0 Å². The molecular formula is C44H51N7O7S2. The molecule has 8 rings (SSSR count). The normalized spacial score (nSPS) is 17.8. The number of aryl methyl sites for hydroxylation is 1. The lowest BCUT2D eigenvalue weighted by Crippen LogP contribution is -2.47. The molecule has 0 atom stereocenters. The number of fused-ring (bicyclic) bond motifs is 1.